The Kier molecular flexibility index (Phi) is 6.84. The first-order valence-corrected chi connectivity index (χ1v) is 6.76. The van der Waals surface area contributed by atoms with E-state index in [9.17, 15) is 10.0 Å². The third kappa shape index (κ3) is 5.11. The highest BCUT2D eigenvalue weighted by molar-refractivity contribution is 6.59. The molecule has 4 heteroatoms. The third-order valence-electron chi connectivity index (χ3n) is 2.99. The maximum atomic E-state index is 9.24. The van der Waals surface area contributed by atoms with Crippen molar-refractivity contribution >= 4 is 12.6 Å². The van der Waals surface area contributed by atoms with Gasteiger partial charge in [0.1, 0.15) is 5.75 Å². The van der Waals surface area contributed by atoms with E-state index >= 15 is 0 Å². The number of ether oxygens (including phenoxy) is 1. The van der Waals surface area contributed by atoms with Gasteiger partial charge >= 0.3 is 7.12 Å². The van der Waals surface area contributed by atoms with E-state index in [1.807, 2.05) is 13.0 Å². The molecule has 0 saturated heterocycles. The largest absolute Gasteiger partial charge is 0.492 e. The van der Waals surface area contributed by atoms with Crippen LogP contribution in [0.4, 0.5) is 0 Å². The Bertz CT molecular complexity index is 342. The Labute approximate surface area is 110 Å². The first-order valence-electron chi connectivity index (χ1n) is 6.76. The molecule has 1 unspecified atom stereocenters. The summed E-state index contributed by atoms with van der Waals surface area (Å²) in [6.07, 6.45) is 5.97. The van der Waals surface area contributed by atoms with Crippen LogP contribution in [0.3, 0.4) is 0 Å². The molecule has 3 nitrogen and oxygen atoms in total. The van der Waals surface area contributed by atoms with Crippen LogP contribution in [0.25, 0.3) is 0 Å². The van der Waals surface area contributed by atoms with Crippen LogP contribution < -0.4 is 10.2 Å². The molecule has 0 fully saturated rings. The summed E-state index contributed by atoms with van der Waals surface area (Å²) in [5.41, 5.74) is 0.429. The number of hydrogen-bond donors (Lipinski definition) is 2. The highest BCUT2D eigenvalue weighted by atomic mass is 16.5. The summed E-state index contributed by atoms with van der Waals surface area (Å²) in [6.45, 7) is 4.21. The predicted octanol–water partition coefficient (Wildman–Crippen LogP) is 2.10. The monoisotopic (exact) mass is 250 g/mol. The minimum absolute atomic E-state index is 0.0988. The van der Waals surface area contributed by atoms with Crippen molar-refractivity contribution in [3.8, 4) is 5.75 Å². The average Bonchev–Trinajstić information content (AvgIpc) is 2.35. The van der Waals surface area contributed by atoms with Gasteiger partial charge in [0.2, 0.25) is 0 Å². The molecule has 0 spiro atoms. The van der Waals surface area contributed by atoms with E-state index in [-0.39, 0.29) is 6.10 Å². The van der Waals surface area contributed by atoms with Gasteiger partial charge < -0.3 is 14.8 Å². The molecular formula is C14H23BO3. The maximum absolute atomic E-state index is 9.24. The Morgan fingerprint density at radius 3 is 2.56 bits per heavy atom. The second-order valence-corrected chi connectivity index (χ2v) is 4.69. The van der Waals surface area contributed by atoms with Crippen molar-refractivity contribution in [2.75, 3.05) is 0 Å². The van der Waals surface area contributed by atoms with Crippen LogP contribution in [-0.4, -0.2) is 23.3 Å². The number of rotatable bonds is 8. The molecule has 0 aliphatic rings. The minimum Gasteiger partial charge on any atom is -0.491 e. The summed E-state index contributed by atoms with van der Waals surface area (Å²) < 4.78 is 5.77. The van der Waals surface area contributed by atoms with Gasteiger partial charge in [0, 0.05) is 5.46 Å². The SMILES string of the molecule is CCCCCCC(C)Oc1ccccc1B(O)O. The fourth-order valence-corrected chi connectivity index (χ4v) is 1.94. The molecule has 2 N–H and O–H groups in total. The fourth-order valence-electron chi connectivity index (χ4n) is 1.94. The first kappa shape index (κ1) is 15.1. The van der Waals surface area contributed by atoms with Crippen LogP contribution >= 0.6 is 0 Å². The number of unbranched alkanes of at least 4 members (excludes halogenated alkanes) is 3. The van der Waals surface area contributed by atoms with Gasteiger partial charge in [0.15, 0.2) is 0 Å². The number of hydrogen-bond acceptors (Lipinski definition) is 3. The van der Waals surface area contributed by atoms with E-state index in [1.165, 1.54) is 19.3 Å². The third-order valence-corrected chi connectivity index (χ3v) is 2.99. The van der Waals surface area contributed by atoms with Gasteiger partial charge in [-0.2, -0.15) is 0 Å². The van der Waals surface area contributed by atoms with Gasteiger partial charge in [-0.1, -0.05) is 44.4 Å². The molecule has 1 aromatic carbocycles. The zero-order valence-corrected chi connectivity index (χ0v) is 11.3. The molecule has 1 atom stereocenters. The summed E-state index contributed by atoms with van der Waals surface area (Å²) in [5.74, 6) is 0.565. The smallest absolute Gasteiger partial charge is 0.491 e. The molecule has 0 heterocycles. The summed E-state index contributed by atoms with van der Waals surface area (Å²) in [7, 11) is -1.48. The van der Waals surface area contributed by atoms with E-state index in [4.69, 9.17) is 4.74 Å². The van der Waals surface area contributed by atoms with Crippen LogP contribution in [-0.2, 0) is 0 Å². The van der Waals surface area contributed by atoms with Crippen LogP contribution in [0.15, 0.2) is 24.3 Å². The Morgan fingerprint density at radius 2 is 1.89 bits per heavy atom. The van der Waals surface area contributed by atoms with Crippen molar-refractivity contribution in [1.29, 1.82) is 0 Å². The van der Waals surface area contributed by atoms with Gasteiger partial charge in [-0.3, -0.25) is 0 Å². The second-order valence-electron chi connectivity index (χ2n) is 4.69. The van der Waals surface area contributed by atoms with Crippen LogP contribution in [0.1, 0.15) is 46.0 Å². The molecule has 0 bridgehead atoms. The molecule has 0 amide bonds. The topological polar surface area (TPSA) is 49.7 Å². The predicted molar refractivity (Wildman–Crippen MR) is 75.1 cm³/mol. The van der Waals surface area contributed by atoms with Gasteiger partial charge in [-0.05, 0) is 25.8 Å². The van der Waals surface area contributed by atoms with Crippen molar-refractivity contribution in [2.45, 2.75) is 52.1 Å². The Morgan fingerprint density at radius 1 is 1.17 bits per heavy atom. The lowest BCUT2D eigenvalue weighted by Gasteiger charge is -2.17. The average molecular weight is 250 g/mol. The van der Waals surface area contributed by atoms with E-state index in [2.05, 4.69) is 6.92 Å². The van der Waals surface area contributed by atoms with Crippen molar-refractivity contribution in [3.05, 3.63) is 24.3 Å². The first-order chi connectivity index (χ1) is 8.65. The van der Waals surface area contributed by atoms with Crippen molar-refractivity contribution < 1.29 is 14.8 Å². The summed E-state index contributed by atoms with van der Waals surface area (Å²) >= 11 is 0. The molecule has 1 rings (SSSR count). The van der Waals surface area contributed by atoms with Crippen molar-refractivity contribution in [1.82, 2.24) is 0 Å². The van der Waals surface area contributed by atoms with E-state index < -0.39 is 7.12 Å². The molecule has 0 radical (unpaired) electrons. The molecule has 0 aliphatic heterocycles. The zero-order valence-electron chi connectivity index (χ0n) is 11.3. The van der Waals surface area contributed by atoms with Crippen LogP contribution in [0, 0.1) is 0 Å². The molecule has 1 aromatic rings. The van der Waals surface area contributed by atoms with E-state index in [0.29, 0.717) is 11.2 Å². The lowest BCUT2D eigenvalue weighted by Crippen LogP contribution is -2.32. The second kappa shape index (κ2) is 8.17. The molecular weight excluding hydrogens is 227 g/mol. The molecule has 0 aliphatic carbocycles. The van der Waals surface area contributed by atoms with Gasteiger partial charge in [-0.15, -0.1) is 0 Å². The van der Waals surface area contributed by atoms with Gasteiger partial charge in [0.25, 0.3) is 0 Å². The van der Waals surface area contributed by atoms with E-state index in [1.54, 1.807) is 18.2 Å². The highest BCUT2D eigenvalue weighted by Crippen LogP contribution is 2.13. The summed E-state index contributed by atoms with van der Waals surface area (Å²) in [6, 6.07) is 7.06. The Hall–Kier alpha value is -0.995. The standard InChI is InChI=1S/C14H23BO3/c1-3-4-5-6-9-12(2)18-14-11-8-7-10-13(14)15(16)17/h7-8,10-12,16-17H,3-6,9H2,1-2H3. The van der Waals surface area contributed by atoms with Gasteiger partial charge in [0.05, 0.1) is 6.10 Å². The van der Waals surface area contributed by atoms with Gasteiger partial charge in [-0.25, -0.2) is 0 Å². The fraction of sp³-hybridized carbons (Fsp3) is 0.571. The Balaban J connectivity index is 2.46. The normalized spacial score (nSPS) is 12.2. The molecule has 0 saturated carbocycles. The highest BCUT2D eigenvalue weighted by Gasteiger charge is 2.17. The summed E-state index contributed by atoms with van der Waals surface area (Å²) in [4.78, 5) is 0. The number of para-hydroxylation sites is 1. The van der Waals surface area contributed by atoms with Crippen LogP contribution in [0.2, 0.25) is 0 Å². The maximum Gasteiger partial charge on any atom is 0.492 e. The lowest BCUT2D eigenvalue weighted by atomic mass is 9.79. The minimum atomic E-state index is -1.48. The lowest BCUT2D eigenvalue weighted by molar-refractivity contribution is 0.207. The van der Waals surface area contributed by atoms with Crippen molar-refractivity contribution in [3.63, 3.8) is 0 Å². The summed E-state index contributed by atoms with van der Waals surface area (Å²) in [5, 5.41) is 18.5. The molecule has 18 heavy (non-hydrogen) atoms. The zero-order chi connectivity index (χ0) is 13.4. The molecule has 100 valence electrons. The number of benzene rings is 1. The van der Waals surface area contributed by atoms with Crippen LogP contribution in [0.5, 0.6) is 5.75 Å². The quantitative estimate of drug-likeness (QED) is 0.548. The molecule has 0 aromatic heterocycles. The van der Waals surface area contributed by atoms with Crippen molar-refractivity contribution in [2.24, 2.45) is 0 Å². The van der Waals surface area contributed by atoms with E-state index in [0.717, 1.165) is 12.8 Å².